The third-order valence-corrected chi connectivity index (χ3v) is 7.93. The number of aryl methyl sites for hydroxylation is 1. The molecule has 0 unspecified atom stereocenters. The van der Waals surface area contributed by atoms with Crippen LogP contribution in [0, 0.1) is 5.92 Å². The molecule has 1 heterocycles. The van der Waals surface area contributed by atoms with Gasteiger partial charge in [-0.2, -0.15) is 0 Å². The van der Waals surface area contributed by atoms with E-state index in [2.05, 4.69) is 24.4 Å². The number of hydrogen-bond acceptors (Lipinski definition) is 6. The molecule has 6 nitrogen and oxygen atoms in total. The zero-order valence-electron chi connectivity index (χ0n) is 24.3. The number of ketones is 2. The maximum atomic E-state index is 13.7. The monoisotopic (exact) mass is 561 g/mol. The summed E-state index contributed by atoms with van der Waals surface area (Å²) in [6, 6.07) is 16.1. The molecule has 1 amide bonds. The molecule has 0 saturated heterocycles. The molecule has 2 atom stereocenters. The first-order valence-corrected chi connectivity index (χ1v) is 15.2. The minimum Gasteiger partial charge on any atom is -0.353 e. The lowest BCUT2D eigenvalue weighted by atomic mass is 9.94. The Kier molecular flexibility index (Phi) is 12.7. The van der Waals surface area contributed by atoms with Crippen molar-refractivity contribution in [2.45, 2.75) is 71.3 Å². The minimum atomic E-state index is -0.501. The van der Waals surface area contributed by atoms with Gasteiger partial charge in [0.2, 0.25) is 5.91 Å². The highest BCUT2D eigenvalue weighted by Gasteiger charge is 2.26. The van der Waals surface area contributed by atoms with Gasteiger partial charge in [0.25, 0.3) is 0 Å². The summed E-state index contributed by atoms with van der Waals surface area (Å²) in [4.78, 5) is 45.7. The third kappa shape index (κ3) is 10.4. The van der Waals surface area contributed by atoms with Crippen LogP contribution in [0.25, 0.3) is 10.2 Å². The molecule has 2 aromatic carbocycles. The number of aromatic nitrogens is 1. The fourth-order valence-corrected chi connectivity index (χ4v) is 5.80. The molecule has 1 aromatic heterocycles. The highest BCUT2D eigenvalue weighted by Crippen LogP contribution is 2.27. The van der Waals surface area contributed by atoms with E-state index in [0.717, 1.165) is 33.6 Å². The number of nitrogens with zero attached hydrogens (tertiary/aromatic N) is 2. The number of allylic oxidation sites excluding steroid dienone is 1. The highest BCUT2D eigenvalue weighted by atomic mass is 32.1. The number of carbonyl (C=O) groups is 3. The van der Waals surface area contributed by atoms with Crippen LogP contribution in [0.1, 0.15) is 62.1 Å². The molecular formula is C33H43N3O3S. The van der Waals surface area contributed by atoms with Gasteiger partial charge < -0.3 is 10.2 Å². The minimum absolute atomic E-state index is 0.0461. The molecule has 3 aromatic rings. The van der Waals surface area contributed by atoms with Gasteiger partial charge in [0.1, 0.15) is 5.78 Å². The number of thiazole rings is 1. The average Bonchev–Trinajstić information content (AvgIpc) is 3.33. The summed E-state index contributed by atoms with van der Waals surface area (Å²) in [5.74, 6) is -0.503. The number of likely N-dealkylation sites (N-methyl/N-ethyl adjacent to an activating group) is 1. The SMILES string of the molecule is CCCC(=O)C[C@@H](Cc1nc2ccc(CC)cc2s1)C(=O)N[C@H](CCC(=O)/C=C/CN(C)C)Cc1ccccc1. The lowest BCUT2D eigenvalue weighted by molar-refractivity contribution is -0.130. The summed E-state index contributed by atoms with van der Waals surface area (Å²) < 4.78 is 1.11. The van der Waals surface area contributed by atoms with Gasteiger partial charge in [-0.15, -0.1) is 11.3 Å². The summed E-state index contributed by atoms with van der Waals surface area (Å²) >= 11 is 1.60. The lowest BCUT2D eigenvalue weighted by Gasteiger charge is -2.22. The number of nitrogens with one attached hydrogen (secondary N) is 1. The predicted octanol–water partition coefficient (Wildman–Crippen LogP) is 5.97. The molecule has 0 aliphatic rings. The van der Waals surface area contributed by atoms with Crippen LogP contribution >= 0.6 is 11.3 Å². The van der Waals surface area contributed by atoms with Crippen LogP contribution in [0.15, 0.2) is 60.7 Å². The smallest absolute Gasteiger partial charge is 0.224 e. The molecule has 3 rings (SSSR count). The largest absolute Gasteiger partial charge is 0.353 e. The van der Waals surface area contributed by atoms with Gasteiger partial charge in [-0.05, 0) is 69.1 Å². The summed E-state index contributed by atoms with van der Waals surface area (Å²) in [7, 11) is 3.91. The number of Topliss-reactive ketones (excluding diaryl/α,β-unsaturated/α-hetero) is 1. The molecule has 0 bridgehead atoms. The maximum Gasteiger partial charge on any atom is 0.224 e. The first-order chi connectivity index (χ1) is 19.3. The second kappa shape index (κ2) is 16.2. The van der Waals surface area contributed by atoms with E-state index in [1.165, 1.54) is 5.56 Å². The van der Waals surface area contributed by atoms with Crippen molar-refractivity contribution in [2.24, 2.45) is 5.92 Å². The van der Waals surface area contributed by atoms with Crippen LogP contribution in [0.4, 0.5) is 0 Å². The summed E-state index contributed by atoms with van der Waals surface area (Å²) in [5, 5.41) is 4.09. The first kappa shape index (κ1) is 31.4. The Labute approximate surface area is 242 Å². The Morgan fingerprint density at radius 1 is 1.00 bits per heavy atom. The van der Waals surface area contributed by atoms with Gasteiger partial charge >= 0.3 is 0 Å². The molecule has 7 heteroatoms. The van der Waals surface area contributed by atoms with Crippen LogP contribution in [0.5, 0.6) is 0 Å². The quantitative estimate of drug-likeness (QED) is 0.205. The van der Waals surface area contributed by atoms with E-state index < -0.39 is 5.92 Å². The topological polar surface area (TPSA) is 79.4 Å². The molecule has 40 heavy (non-hydrogen) atoms. The van der Waals surface area contributed by atoms with E-state index in [1.54, 1.807) is 17.4 Å². The normalized spacial score (nSPS) is 13.1. The van der Waals surface area contributed by atoms with Crippen molar-refractivity contribution < 1.29 is 14.4 Å². The van der Waals surface area contributed by atoms with Crippen molar-refractivity contribution in [2.75, 3.05) is 20.6 Å². The van der Waals surface area contributed by atoms with E-state index in [9.17, 15) is 14.4 Å². The number of fused-ring (bicyclic) bond motifs is 1. The number of rotatable bonds is 17. The summed E-state index contributed by atoms with van der Waals surface area (Å²) in [6.45, 7) is 4.81. The second-order valence-corrected chi connectivity index (χ2v) is 11.8. The molecular weight excluding hydrogens is 518 g/mol. The van der Waals surface area contributed by atoms with Crippen molar-refractivity contribution >= 4 is 39.0 Å². The lowest BCUT2D eigenvalue weighted by Crippen LogP contribution is -2.41. The second-order valence-electron chi connectivity index (χ2n) is 10.7. The Bertz CT molecular complexity index is 1280. The summed E-state index contributed by atoms with van der Waals surface area (Å²) in [5.41, 5.74) is 3.28. The Morgan fingerprint density at radius 2 is 1.77 bits per heavy atom. The van der Waals surface area contributed by atoms with Crippen LogP contribution in [0.3, 0.4) is 0 Å². The molecule has 0 saturated carbocycles. The number of benzene rings is 2. The number of amides is 1. The van der Waals surface area contributed by atoms with Gasteiger partial charge in [0, 0.05) is 38.3 Å². The van der Waals surface area contributed by atoms with Crippen molar-refractivity contribution in [3.05, 3.63) is 76.8 Å². The van der Waals surface area contributed by atoms with Crippen molar-refractivity contribution in [1.82, 2.24) is 15.2 Å². The van der Waals surface area contributed by atoms with Crippen LogP contribution < -0.4 is 5.32 Å². The van der Waals surface area contributed by atoms with Gasteiger partial charge in [-0.3, -0.25) is 14.4 Å². The van der Waals surface area contributed by atoms with Crippen LogP contribution in [0.2, 0.25) is 0 Å². The molecule has 0 aliphatic heterocycles. The van der Waals surface area contributed by atoms with E-state index in [0.29, 0.717) is 38.6 Å². The van der Waals surface area contributed by atoms with Gasteiger partial charge in [0.05, 0.1) is 21.1 Å². The van der Waals surface area contributed by atoms with E-state index >= 15 is 0 Å². The zero-order valence-corrected chi connectivity index (χ0v) is 25.1. The fourth-order valence-electron chi connectivity index (χ4n) is 4.69. The third-order valence-electron chi connectivity index (χ3n) is 6.88. The average molecular weight is 562 g/mol. The maximum absolute atomic E-state index is 13.7. The molecule has 1 N–H and O–H groups in total. The Morgan fingerprint density at radius 3 is 2.48 bits per heavy atom. The molecule has 0 radical (unpaired) electrons. The molecule has 0 spiro atoms. The first-order valence-electron chi connectivity index (χ1n) is 14.4. The molecule has 214 valence electrons. The zero-order chi connectivity index (χ0) is 28.9. The van der Waals surface area contributed by atoms with Gasteiger partial charge in [-0.25, -0.2) is 4.98 Å². The molecule has 0 aliphatic carbocycles. The molecule has 0 fully saturated rings. The van der Waals surface area contributed by atoms with Crippen molar-refractivity contribution in [3.63, 3.8) is 0 Å². The summed E-state index contributed by atoms with van der Waals surface area (Å²) in [6.07, 6.45) is 7.79. The Balaban J connectivity index is 1.76. The van der Waals surface area contributed by atoms with E-state index in [-0.39, 0.29) is 29.9 Å². The van der Waals surface area contributed by atoms with Crippen LogP contribution in [-0.2, 0) is 33.6 Å². The van der Waals surface area contributed by atoms with Crippen molar-refractivity contribution in [1.29, 1.82) is 0 Å². The van der Waals surface area contributed by atoms with Crippen molar-refractivity contribution in [3.8, 4) is 0 Å². The van der Waals surface area contributed by atoms with E-state index in [4.69, 9.17) is 4.98 Å². The highest BCUT2D eigenvalue weighted by molar-refractivity contribution is 7.18. The van der Waals surface area contributed by atoms with Gasteiger partial charge in [0.15, 0.2) is 5.78 Å². The van der Waals surface area contributed by atoms with Gasteiger partial charge in [-0.1, -0.05) is 56.3 Å². The predicted molar refractivity (Wildman–Crippen MR) is 165 cm³/mol. The Hall–Kier alpha value is -3.16. The number of hydrogen-bond donors (Lipinski definition) is 1. The van der Waals surface area contributed by atoms with Crippen LogP contribution in [-0.4, -0.2) is 54.0 Å². The standard InChI is InChI=1S/C33H43N3O3S/c1-5-11-29(38)22-26(23-32-35-30-18-15-24(6-2)21-31(30)40-32)33(39)34-27(20-25-12-8-7-9-13-25)16-17-28(37)14-10-19-36(3)4/h7-10,12-15,18,21,26-27H,5-6,11,16-17,19-20,22-23H2,1-4H3,(H,34,39)/b14-10+/t26-,27+/m0/s1. The van der Waals surface area contributed by atoms with E-state index in [1.807, 2.05) is 68.4 Å². The number of carbonyl (C=O) groups excluding carboxylic acids is 3. The fraction of sp³-hybridized carbons (Fsp3) is 0.455.